The Bertz CT molecular complexity index is 1180. The van der Waals surface area contributed by atoms with Crippen LogP contribution in [0.2, 0.25) is 0 Å². The van der Waals surface area contributed by atoms with Crippen molar-refractivity contribution in [2.24, 2.45) is 11.7 Å². The fraction of sp³-hybridized carbons (Fsp3) is 0.333. The highest BCUT2D eigenvalue weighted by molar-refractivity contribution is 7.89. The Labute approximate surface area is 183 Å². The Balaban J connectivity index is 2.03. The smallest absolute Gasteiger partial charge is 0.252 e. The van der Waals surface area contributed by atoms with Gasteiger partial charge in [0.1, 0.15) is 0 Å². The maximum Gasteiger partial charge on any atom is 0.252 e. The molecule has 0 atom stereocenters. The van der Waals surface area contributed by atoms with Gasteiger partial charge in [-0.15, -0.1) is 0 Å². The molecule has 0 saturated heterocycles. The minimum Gasteiger partial charge on any atom is -0.384 e. The average Bonchev–Trinajstić information content (AvgIpc) is 2.73. The molecule has 0 bridgehead atoms. The molecule has 0 spiro atoms. The Morgan fingerprint density at radius 3 is 2.29 bits per heavy atom. The summed E-state index contributed by atoms with van der Waals surface area (Å²) in [4.78, 5) is 16.5. The minimum atomic E-state index is -3.08. The van der Waals surface area contributed by atoms with E-state index in [0.29, 0.717) is 17.2 Å². The number of fused-ring (bicyclic) bond motifs is 1. The van der Waals surface area contributed by atoms with Crippen LogP contribution in [0.25, 0.3) is 22.0 Å². The van der Waals surface area contributed by atoms with Gasteiger partial charge in [-0.25, -0.2) is 8.42 Å². The van der Waals surface area contributed by atoms with Crippen LogP contribution in [-0.2, 0) is 15.6 Å². The summed E-state index contributed by atoms with van der Waals surface area (Å²) in [5.41, 5.74) is 10.1. The molecule has 0 fully saturated rings. The maximum atomic E-state index is 12.0. The average molecular weight is 440 g/mol. The van der Waals surface area contributed by atoms with Gasteiger partial charge in [0.05, 0.1) is 22.5 Å². The number of anilines is 1. The second-order valence-electron chi connectivity index (χ2n) is 7.97. The number of nitrogens with two attached hydrogens (primary N) is 1. The first-order valence-electron chi connectivity index (χ1n) is 10.4. The van der Waals surface area contributed by atoms with Crippen LogP contribution in [0.4, 0.5) is 5.69 Å². The number of nitrogens with zero attached hydrogens (tertiary/aromatic N) is 1. The molecule has 31 heavy (non-hydrogen) atoms. The van der Waals surface area contributed by atoms with Gasteiger partial charge in [0.15, 0.2) is 9.84 Å². The van der Waals surface area contributed by atoms with Crippen molar-refractivity contribution < 1.29 is 13.2 Å². The van der Waals surface area contributed by atoms with Crippen molar-refractivity contribution in [2.45, 2.75) is 32.4 Å². The van der Waals surface area contributed by atoms with Gasteiger partial charge in [-0.05, 0) is 34.7 Å². The standard InChI is InChI=1S/C24H29N3O3S/c1-4-16(5-2)13-27-23-20-12-19(10-11-22(20)26-14-21(23)24(25)28)18-8-6-17(7-9-18)15-31(3,29)30/h6-12,14,16H,4-5,13,15H2,1-3H3,(H2,25,28)(H,26,27). The Morgan fingerprint density at radius 1 is 1.06 bits per heavy atom. The highest BCUT2D eigenvalue weighted by Gasteiger charge is 2.15. The fourth-order valence-electron chi connectivity index (χ4n) is 3.67. The van der Waals surface area contributed by atoms with E-state index in [2.05, 4.69) is 24.1 Å². The van der Waals surface area contributed by atoms with Crippen molar-refractivity contribution >= 4 is 32.3 Å². The number of rotatable bonds is 9. The van der Waals surface area contributed by atoms with E-state index >= 15 is 0 Å². The zero-order valence-electron chi connectivity index (χ0n) is 18.2. The molecule has 1 amide bonds. The second kappa shape index (κ2) is 9.47. The molecule has 1 heterocycles. The van der Waals surface area contributed by atoms with Gasteiger partial charge in [-0.3, -0.25) is 9.78 Å². The summed E-state index contributed by atoms with van der Waals surface area (Å²) in [6, 6.07) is 13.3. The molecule has 2 aromatic carbocycles. The third-order valence-corrected chi connectivity index (χ3v) is 6.43. The molecule has 7 heteroatoms. The van der Waals surface area contributed by atoms with Crippen LogP contribution in [0.1, 0.15) is 42.6 Å². The summed E-state index contributed by atoms with van der Waals surface area (Å²) in [6.45, 7) is 5.05. The van der Waals surface area contributed by atoms with E-state index in [1.807, 2.05) is 42.5 Å². The van der Waals surface area contributed by atoms with Gasteiger partial charge in [-0.2, -0.15) is 0 Å². The monoisotopic (exact) mass is 439 g/mol. The predicted octanol–water partition coefficient (Wildman–Crippen LogP) is 4.39. The van der Waals surface area contributed by atoms with Gasteiger partial charge in [-0.1, -0.05) is 57.0 Å². The van der Waals surface area contributed by atoms with Crippen LogP contribution in [0.5, 0.6) is 0 Å². The molecular formula is C24H29N3O3S. The molecule has 0 radical (unpaired) electrons. The summed E-state index contributed by atoms with van der Waals surface area (Å²) in [7, 11) is -3.08. The van der Waals surface area contributed by atoms with Crippen LogP contribution < -0.4 is 11.1 Å². The van der Waals surface area contributed by atoms with Crippen LogP contribution in [-0.4, -0.2) is 32.1 Å². The molecule has 3 aromatic rings. The molecule has 0 unspecified atom stereocenters. The highest BCUT2D eigenvalue weighted by atomic mass is 32.2. The van der Waals surface area contributed by atoms with E-state index in [1.54, 1.807) is 0 Å². The molecular weight excluding hydrogens is 410 g/mol. The van der Waals surface area contributed by atoms with Gasteiger partial charge in [0.25, 0.3) is 5.91 Å². The zero-order valence-corrected chi connectivity index (χ0v) is 19.0. The van der Waals surface area contributed by atoms with Gasteiger partial charge in [0, 0.05) is 24.4 Å². The molecule has 0 saturated carbocycles. The van der Waals surface area contributed by atoms with Gasteiger partial charge < -0.3 is 11.1 Å². The van der Waals surface area contributed by atoms with Crippen LogP contribution in [0, 0.1) is 5.92 Å². The lowest BCUT2D eigenvalue weighted by molar-refractivity contribution is 0.100. The topological polar surface area (TPSA) is 102 Å². The van der Waals surface area contributed by atoms with Crippen molar-refractivity contribution in [2.75, 3.05) is 18.1 Å². The van der Waals surface area contributed by atoms with E-state index in [9.17, 15) is 13.2 Å². The lowest BCUT2D eigenvalue weighted by Gasteiger charge is -2.18. The zero-order chi connectivity index (χ0) is 22.6. The van der Waals surface area contributed by atoms with Crippen molar-refractivity contribution in [1.29, 1.82) is 0 Å². The number of amides is 1. The number of benzene rings is 2. The lowest BCUT2D eigenvalue weighted by atomic mass is 9.99. The number of nitrogens with one attached hydrogen (secondary N) is 1. The third kappa shape index (κ3) is 5.61. The molecule has 6 nitrogen and oxygen atoms in total. The number of hydrogen-bond donors (Lipinski definition) is 2. The van der Waals surface area contributed by atoms with Crippen molar-refractivity contribution in [1.82, 2.24) is 4.98 Å². The summed E-state index contributed by atoms with van der Waals surface area (Å²) < 4.78 is 23.1. The first-order chi connectivity index (χ1) is 14.7. The molecule has 1 aromatic heterocycles. The molecule has 0 aliphatic carbocycles. The van der Waals surface area contributed by atoms with Gasteiger partial charge >= 0.3 is 0 Å². The van der Waals surface area contributed by atoms with E-state index < -0.39 is 15.7 Å². The number of aromatic nitrogens is 1. The Morgan fingerprint density at radius 2 is 1.71 bits per heavy atom. The molecule has 3 N–H and O–H groups in total. The van der Waals surface area contributed by atoms with Crippen LogP contribution >= 0.6 is 0 Å². The Hall–Kier alpha value is -2.93. The first-order valence-corrected chi connectivity index (χ1v) is 12.5. The number of carbonyl (C=O) groups is 1. The lowest BCUT2D eigenvalue weighted by Crippen LogP contribution is -2.18. The molecule has 0 aliphatic rings. The van der Waals surface area contributed by atoms with E-state index in [-0.39, 0.29) is 5.75 Å². The quantitative estimate of drug-likeness (QED) is 0.515. The number of primary amides is 1. The van der Waals surface area contributed by atoms with E-state index in [0.717, 1.165) is 47.0 Å². The largest absolute Gasteiger partial charge is 0.384 e. The summed E-state index contributed by atoms with van der Waals surface area (Å²) in [5, 5.41) is 4.28. The van der Waals surface area contributed by atoms with Crippen molar-refractivity contribution in [3.05, 3.63) is 59.8 Å². The second-order valence-corrected chi connectivity index (χ2v) is 10.1. The normalized spacial score (nSPS) is 11.7. The summed E-state index contributed by atoms with van der Waals surface area (Å²) in [5.74, 6) is -0.00690. The number of hydrogen-bond acceptors (Lipinski definition) is 5. The molecule has 3 rings (SSSR count). The fourth-order valence-corrected chi connectivity index (χ4v) is 4.47. The minimum absolute atomic E-state index is 0.0149. The SMILES string of the molecule is CCC(CC)CNc1c(C(N)=O)cnc2ccc(-c3ccc(CS(C)(=O)=O)cc3)cc12. The van der Waals surface area contributed by atoms with Crippen LogP contribution in [0.15, 0.2) is 48.7 Å². The van der Waals surface area contributed by atoms with Gasteiger partial charge in [0.2, 0.25) is 0 Å². The number of sulfone groups is 1. The molecule has 164 valence electrons. The Kier molecular flexibility index (Phi) is 6.95. The van der Waals surface area contributed by atoms with Crippen molar-refractivity contribution in [3.63, 3.8) is 0 Å². The molecule has 0 aliphatic heterocycles. The number of carbonyl (C=O) groups excluding carboxylic acids is 1. The predicted molar refractivity (Wildman–Crippen MR) is 127 cm³/mol. The van der Waals surface area contributed by atoms with E-state index in [1.165, 1.54) is 12.5 Å². The summed E-state index contributed by atoms with van der Waals surface area (Å²) in [6.07, 6.45) is 4.84. The van der Waals surface area contributed by atoms with Crippen molar-refractivity contribution in [3.8, 4) is 11.1 Å². The maximum absolute atomic E-state index is 12.0. The van der Waals surface area contributed by atoms with Crippen LogP contribution in [0.3, 0.4) is 0 Å². The third-order valence-electron chi connectivity index (χ3n) is 5.57. The summed E-state index contributed by atoms with van der Waals surface area (Å²) >= 11 is 0. The highest BCUT2D eigenvalue weighted by Crippen LogP contribution is 2.31. The number of pyridine rings is 1. The first kappa shape index (κ1) is 22.7. The van der Waals surface area contributed by atoms with E-state index in [4.69, 9.17) is 5.73 Å².